The number of hydrogen-bond donors (Lipinski definition) is 1. The zero-order chi connectivity index (χ0) is 8.72. The molecular weight excluding hydrogens is 196 g/mol. The van der Waals surface area contributed by atoms with E-state index in [4.69, 9.17) is 5.73 Å². The molecule has 0 heterocycles. The van der Waals surface area contributed by atoms with Crippen LogP contribution in [0.2, 0.25) is 0 Å². The predicted molar refractivity (Wildman–Crippen MR) is 48.9 cm³/mol. The van der Waals surface area contributed by atoms with Gasteiger partial charge in [-0.3, -0.25) is 0 Å². The van der Waals surface area contributed by atoms with Crippen molar-refractivity contribution < 1.29 is 8.78 Å². The van der Waals surface area contributed by atoms with E-state index in [1.54, 1.807) is 6.07 Å². The van der Waals surface area contributed by atoms with Gasteiger partial charge in [0.05, 0.1) is 0 Å². The summed E-state index contributed by atoms with van der Waals surface area (Å²) in [7, 11) is 0. The van der Waals surface area contributed by atoms with E-state index in [1.165, 1.54) is 6.07 Å². The fourth-order valence-corrected chi connectivity index (χ4v) is 1.38. The number of hydrogen-bond acceptors (Lipinski definition) is 1. The minimum atomic E-state index is -0.786. The number of halogens is 3. The smallest absolute Gasteiger partial charge is 0.162 e. The molecule has 72 valence electrons. The van der Waals surface area contributed by atoms with Crippen LogP contribution in [0.15, 0.2) is 18.2 Å². The van der Waals surface area contributed by atoms with Crippen molar-refractivity contribution in [1.82, 2.24) is 0 Å². The lowest BCUT2D eigenvalue weighted by Crippen LogP contribution is -2.03. The Morgan fingerprint density at radius 2 is 1.92 bits per heavy atom. The number of rotatable bonds is 1. The van der Waals surface area contributed by atoms with Crippen molar-refractivity contribution in [2.75, 3.05) is 0 Å². The summed E-state index contributed by atoms with van der Waals surface area (Å²) in [4.78, 5) is 0. The molecule has 1 aliphatic carbocycles. The first-order valence-corrected chi connectivity index (χ1v) is 3.89. The largest absolute Gasteiger partial charge is 0.327 e. The Balaban J connectivity index is 0.000000845. The molecule has 0 bridgehead atoms. The van der Waals surface area contributed by atoms with Crippen LogP contribution < -0.4 is 5.73 Å². The van der Waals surface area contributed by atoms with Gasteiger partial charge < -0.3 is 5.73 Å². The molecule has 4 heteroatoms. The van der Waals surface area contributed by atoms with Gasteiger partial charge in [0.2, 0.25) is 0 Å². The van der Waals surface area contributed by atoms with Gasteiger partial charge in [-0.2, -0.15) is 0 Å². The van der Waals surface area contributed by atoms with Gasteiger partial charge in [-0.1, -0.05) is 12.1 Å². The number of benzene rings is 1. The molecule has 0 spiro atoms. The lowest BCUT2D eigenvalue weighted by Gasteiger charge is -2.00. The summed E-state index contributed by atoms with van der Waals surface area (Å²) in [6, 6.07) is 4.24. The molecule has 0 radical (unpaired) electrons. The van der Waals surface area contributed by atoms with Crippen molar-refractivity contribution >= 4 is 12.4 Å². The van der Waals surface area contributed by atoms with E-state index in [9.17, 15) is 8.78 Å². The molecule has 2 atom stereocenters. The Morgan fingerprint density at radius 1 is 1.31 bits per heavy atom. The Morgan fingerprint density at radius 3 is 2.46 bits per heavy atom. The van der Waals surface area contributed by atoms with Gasteiger partial charge in [0.25, 0.3) is 0 Å². The normalized spacial score (nSPS) is 25.2. The van der Waals surface area contributed by atoms with Gasteiger partial charge in [0.1, 0.15) is 0 Å². The van der Waals surface area contributed by atoms with E-state index in [-0.39, 0.29) is 24.4 Å². The van der Waals surface area contributed by atoms with E-state index < -0.39 is 11.6 Å². The van der Waals surface area contributed by atoms with E-state index in [0.29, 0.717) is 5.56 Å². The molecule has 2 N–H and O–H groups in total. The third-order valence-electron chi connectivity index (χ3n) is 2.22. The molecular formula is C9H10ClF2N. The van der Waals surface area contributed by atoms with Crippen LogP contribution in [0.3, 0.4) is 0 Å². The van der Waals surface area contributed by atoms with Crippen molar-refractivity contribution in [2.24, 2.45) is 5.73 Å². The van der Waals surface area contributed by atoms with E-state index in [0.717, 1.165) is 12.5 Å². The second kappa shape index (κ2) is 3.60. The fourth-order valence-electron chi connectivity index (χ4n) is 1.38. The molecule has 0 amide bonds. The molecule has 1 aromatic rings. The summed E-state index contributed by atoms with van der Waals surface area (Å²) in [5.41, 5.74) is 5.95. The predicted octanol–water partition coefficient (Wildman–Crippen LogP) is 2.20. The average Bonchev–Trinajstić information content (AvgIpc) is 2.73. The number of nitrogens with two attached hydrogens (primary N) is 1. The average molecular weight is 206 g/mol. The van der Waals surface area contributed by atoms with E-state index >= 15 is 0 Å². The Hall–Kier alpha value is -0.670. The summed E-state index contributed by atoms with van der Waals surface area (Å²) in [6.45, 7) is 0. The van der Waals surface area contributed by atoms with Gasteiger partial charge in [0, 0.05) is 12.0 Å². The first kappa shape index (κ1) is 10.4. The first-order valence-electron chi connectivity index (χ1n) is 3.89. The second-order valence-electron chi connectivity index (χ2n) is 3.15. The quantitative estimate of drug-likeness (QED) is 0.748. The maximum atomic E-state index is 13.0. The van der Waals surface area contributed by atoms with Crippen LogP contribution in [-0.2, 0) is 0 Å². The third-order valence-corrected chi connectivity index (χ3v) is 2.22. The summed E-state index contributed by atoms with van der Waals surface area (Å²) < 4.78 is 25.7. The molecule has 0 saturated heterocycles. The van der Waals surface area contributed by atoms with Crippen molar-refractivity contribution in [3.05, 3.63) is 35.4 Å². The Kier molecular flexibility index (Phi) is 2.88. The van der Waals surface area contributed by atoms with Crippen molar-refractivity contribution in [2.45, 2.75) is 18.4 Å². The highest BCUT2D eigenvalue weighted by atomic mass is 35.5. The maximum absolute atomic E-state index is 13.0. The highest BCUT2D eigenvalue weighted by Crippen LogP contribution is 2.40. The van der Waals surface area contributed by atoms with Crippen LogP contribution >= 0.6 is 12.4 Å². The summed E-state index contributed by atoms with van der Waals surface area (Å²) >= 11 is 0. The SMILES string of the molecule is Cl.NC1CC1c1cccc(F)c1F. The molecule has 13 heavy (non-hydrogen) atoms. The topological polar surface area (TPSA) is 26.0 Å². The van der Waals surface area contributed by atoms with Crippen LogP contribution in [0.5, 0.6) is 0 Å². The highest BCUT2D eigenvalue weighted by Gasteiger charge is 2.37. The molecule has 1 aliphatic rings. The van der Waals surface area contributed by atoms with Gasteiger partial charge in [0.15, 0.2) is 11.6 Å². The summed E-state index contributed by atoms with van der Waals surface area (Å²) in [5, 5.41) is 0. The molecule has 2 unspecified atom stereocenters. The van der Waals surface area contributed by atoms with Gasteiger partial charge >= 0.3 is 0 Å². The summed E-state index contributed by atoms with van der Waals surface area (Å²) in [6.07, 6.45) is 0.764. The first-order chi connectivity index (χ1) is 5.70. The van der Waals surface area contributed by atoms with Crippen LogP contribution in [0.4, 0.5) is 8.78 Å². The van der Waals surface area contributed by atoms with Gasteiger partial charge in [-0.15, -0.1) is 12.4 Å². The van der Waals surface area contributed by atoms with E-state index in [1.807, 2.05) is 0 Å². The van der Waals surface area contributed by atoms with Crippen LogP contribution in [0, 0.1) is 11.6 Å². The Labute approximate surface area is 81.3 Å². The van der Waals surface area contributed by atoms with Gasteiger partial charge in [-0.25, -0.2) is 8.78 Å². The minimum Gasteiger partial charge on any atom is -0.327 e. The lowest BCUT2D eigenvalue weighted by molar-refractivity contribution is 0.498. The van der Waals surface area contributed by atoms with Crippen molar-refractivity contribution in [3.8, 4) is 0 Å². The van der Waals surface area contributed by atoms with Crippen molar-refractivity contribution in [3.63, 3.8) is 0 Å². The minimum absolute atomic E-state index is 0. The van der Waals surface area contributed by atoms with E-state index in [2.05, 4.69) is 0 Å². The molecule has 1 fully saturated rings. The molecule has 2 rings (SSSR count). The highest BCUT2D eigenvalue weighted by molar-refractivity contribution is 5.85. The zero-order valence-corrected chi connectivity index (χ0v) is 7.65. The monoisotopic (exact) mass is 205 g/mol. The van der Waals surface area contributed by atoms with Gasteiger partial charge in [-0.05, 0) is 18.1 Å². The molecule has 0 aromatic heterocycles. The van der Waals surface area contributed by atoms with Crippen molar-refractivity contribution in [1.29, 1.82) is 0 Å². The molecule has 1 nitrogen and oxygen atoms in total. The maximum Gasteiger partial charge on any atom is 0.162 e. The standard InChI is InChI=1S/C9H9F2N.ClH/c10-7-3-1-2-5(9(7)11)6-4-8(6)12;/h1-3,6,8H,4,12H2;1H. The zero-order valence-electron chi connectivity index (χ0n) is 6.84. The third kappa shape index (κ3) is 1.81. The molecule has 1 aromatic carbocycles. The fraction of sp³-hybridized carbons (Fsp3) is 0.333. The van der Waals surface area contributed by atoms with Crippen LogP contribution in [0.25, 0.3) is 0 Å². The Bertz CT molecular complexity index is 316. The van der Waals surface area contributed by atoms with Crippen LogP contribution in [-0.4, -0.2) is 6.04 Å². The summed E-state index contributed by atoms with van der Waals surface area (Å²) in [5.74, 6) is -1.50. The molecule has 1 saturated carbocycles. The molecule has 0 aliphatic heterocycles. The lowest BCUT2D eigenvalue weighted by atomic mass is 10.1. The van der Waals surface area contributed by atoms with Crippen LogP contribution in [0.1, 0.15) is 17.9 Å². The second-order valence-corrected chi connectivity index (χ2v) is 3.15.